The zero-order chi connectivity index (χ0) is 7.98. The molecule has 0 aliphatic carbocycles. The molecular weight excluding hydrogens is 239 g/mol. The Balaban J connectivity index is 3.74. The van der Waals surface area contributed by atoms with E-state index < -0.39 is 0 Å². The summed E-state index contributed by atoms with van der Waals surface area (Å²) in [5.74, 6) is 0. The van der Waals surface area contributed by atoms with Crippen LogP contribution in [0.4, 0.5) is 0 Å². The molecule has 0 rings (SSSR count). The lowest BCUT2D eigenvalue weighted by molar-refractivity contribution is 0.178. The van der Waals surface area contributed by atoms with Crippen LogP contribution in [0.25, 0.3) is 0 Å². The predicted molar refractivity (Wildman–Crippen MR) is 55.7 cm³/mol. The van der Waals surface area contributed by atoms with Crippen molar-refractivity contribution in [1.29, 1.82) is 0 Å². The second kappa shape index (κ2) is 5.89. The van der Waals surface area contributed by atoms with Crippen molar-refractivity contribution in [1.82, 2.24) is 0 Å². The Morgan fingerprint density at radius 3 is 2.60 bits per heavy atom. The van der Waals surface area contributed by atoms with Crippen LogP contribution in [-0.2, 0) is 4.74 Å². The molecule has 0 radical (unpaired) electrons. The minimum atomic E-state index is -0.00441. The van der Waals surface area contributed by atoms with Crippen LogP contribution in [0.1, 0.15) is 27.2 Å². The van der Waals surface area contributed by atoms with E-state index in [2.05, 4.69) is 11.4 Å². The molecule has 0 saturated heterocycles. The van der Waals surface area contributed by atoms with Gasteiger partial charge < -0.3 is 4.74 Å². The SMILES string of the molecule is C=IC(=COC(C)C)CC. The van der Waals surface area contributed by atoms with Crippen molar-refractivity contribution in [3.63, 3.8) is 0 Å². The Kier molecular flexibility index (Phi) is 5.97. The summed E-state index contributed by atoms with van der Waals surface area (Å²) in [6.45, 7) is 6.21. The fraction of sp³-hybridized carbons (Fsp3) is 0.625. The Labute approximate surface area is 73.2 Å². The molecule has 0 spiro atoms. The van der Waals surface area contributed by atoms with Crippen molar-refractivity contribution in [2.45, 2.75) is 33.3 Å². The Morgan fingerprint density at radius 1 is 1.70 bits per heavy atom. The second-order valence-electron chi connectivity index (χ2n) is 2.24. The summed E-state index contributed by atoms with van der Waals surface area (Å²) in [6, 6.07) is 0. The van der Waals surface area contributed by atoms with E-state index in [1.54, 1.807) is 0 Å². The van der Waals surface area contributed by atoms with Gasteiger partial charge in [-0.25, -0.2) is 0 Å². The summed E-state index contributed by atoms with van der Waals surface area (Å²) in [5.41, 5.74) is 0. The Hall–Kier alpha value is 0.140. The number of allylic oxidation sites excluding steroid dienone is 1. The first-order valence-corrected chi connectivity index (χ1v) is 6.04. The van der Waals surface area contributed by atoms with E-state index in [4.69, 9.17) is 4.74 Å². The molecule has 0 bridgehead atoms. The van der Waals surface area contributed by atoms with Crippen LogP contribution in [0.5, 0.6) is 0 Å². The van der Waals surface area contributed by atoms with Crippen LogP contribution in [0.2, 0.25) is 0 Å². The van der Waals surface area contributed by atoms with Crippen molar-refractivity contribution < 1.29 is 4.74 Å². The first kappa shape index (κ1) is 10.1. The maximum absolute atomic E-state index is 5.31. The van der Waals surface area contributed by atoms with E-state index in [0.717, 1.165) is 6.42 Å². The van der Waals surface area contributed by atoms with Gasteiger partial charge in [0.15, 0.2) is 0 Å². The summed E-state index contributed by atoms with van der Waals surface area (Å²) in [4.78, 5) is 0. The van der Waals surface area contributed by atoms with E-state index in [9.17, 15) is 0 Å². The summed E-state index contributed by atoms with van der Waals surface area (Å²) < 4.78 is 10.6. The highest BCUT2D eigenvalue weighted by atomic mass is 127. The molecule has 0 heterocycles. The van der Waals surface area contributed by atoms with Crippen LogP contribution in [0, 0.1) is 0 Å². The molecule has 0 aromatic rings. The fourth-order valence-corrected chi connectivity index (χ4v) is 1.29. The van der Waals surface area contributed by atoms with E-state index in [0.29, 0.717) is 6.10 Å². The Morgan fingerprint density at radius 2 is 2.30 bits per heavy atom. The standard InChI is InChI=1S/C8H15IO/c1-5-8(9-4)6-10-7(2)3/h6-7H,4-5H2,1-3H3. The average molecular weight is 254 g/mol. The van der Waals surface area contributed by atoms with Crippen LogP contribution in [0.15, 0.2) is 9.84 Å². The van der Waals surface area contributed by atoms with Gasteiger partial charge in [0.1, 0.15) is 0 Å². The maximum Gasteiger partial charge on any atom is 0.0922 e. The van der Waals surface area contributed by atoms with E-state index in [-0.39, 0.29) is 20.7 Å². The normalized spacial score (nSPS) is 12.2. The van der Waals surface area contributed by atoms with Crippen LogP contribution >= 0.6 is 20.7 Å². The minimum Gasteiger partial charge on any atom is -0.498 e. The smallest absolute Gasteiger partial charge is 0.0922 e. The fourth-order valence-electron chi connectivity index (χ4n) is 0.419. The number of hydrogen-bond donors (Lipinski definition) is 0. The number of ether oxygens (including phenoxy) is 1. The highest BCUT2D eigenvalue weighted by Gasteiger charge is 1.90. The Bertz CT molecular complexity index is 127. The molecule has 0 amide bonds. The zero-order valence-electron chi connectivity index (χ0n) is 6.86. The van der Waals surface area contributed by atoms with Crippen molar-refractivity contribution >= 4 is 25.2 Å². The molecule has 0 aliphatic heterocycles. The van der Waals surface area contributed by atoms with E-state index >= 15 is 0 Å². The quantitative estimate of drug-likeness (QED) is 0.553. The third-order valence-corrected chi connectivity index (χ3v) is 2.97. The second-order valence-corrected chi connectivity index (χ2v) is 4.39. The van der Waals surface area contributed by atoms with Gasteiger partial charge in [0.25, 0.3) is 0 Å². The molecule has 0 aromatic carbocycles. The lowest BCUT2D eigenvalue weighted by Crippen LogP contribution is -1.95. The lowest BCUT2D eigenvalue weighted by atomic mass is 10.4. The number of hydrogen-bond acceptors (Lipinski definition) is 1. The molecule has 2 heteroatoms. The minimum absolute atomic E-state index is 0.00441. The summed E-state index contributed by atoms with van der Waals surface area (Å²) in [5, 5.41) is 0. The van der Waals surface area contributed by atoms with E-state index in [1.807, 2.05) is 20.1 Å². The average Bonchev–Trinajstić information content (AvgIpc) is 1.90. The molecule has 0 atom stereocenters. The van der Waals surface area contributed by atoms with Crippen LogP contribution in [-0.4, -0.2) is 10.6 Å². The topological polar surface area (TPSA) is 9.23 Å². The molecule has 10 heavy (non-hydrogen) atoms. The van der Waals surface area contributed by atoms with Crippen LogP contribution in [0.3, 0.4) is 0 Å². The van der Waals surface area contributed by atoms with Gasteiger partial charge in [0.05, 0.1) is 12.4 Å². The summed E-state index contributed by atoms with van der Waals surface area (Å²) >= 11 is -0.00441. The molecular formula is C8H15IO. The van der Waals surface area contributed by atoms with Gasteiger partial charge in [-0.05, 0) is 20.3 Å². The third-order valence-electron chi connectivity index (χ3n) is 0.977. The van der Waals surface area contributed by atoms with Crippen molar-refractivity contribution in [2.24, 2.45) is 0 Å². The molecule has 1 nitrogen and oxygen atoms in total. The van der Waals surface area contributed by atoms with Gasteiger partial charge >= 0.3 is 0 Å². The van der Waals surface area contributed by atoms with Crippen molar-refractivity contribution in [2.75, 3.05) is 0 Å². The maximum atomic E-state index is 5.31. The third kappa shape index (κ3) is 4.97. The number of halogens is 1. The monoisotopic (exact) mass is 254 g/mol. The molecule has 0 fully saturated rings. The predicted octanol–water partition coefficient (Wildman–Crippen LogP) is 3.07. The first-order valence-electron chi connectivity index (χ1n) is 3.43. The highest BCUT2D eigenvalue weighted by Crippen LogP contribution is 2.15. The van der Waals surface area contributed by atoms with Gasteiger partial charge in [-0.2, -0.15) is 0 Å². The summed E-state index contributed by atoms with van der Waals surface area (Å²) in [6.07, 6.45) is 3.27. The van der Waals surface area contributed by atoms with Gasteiger partial charge in [0.2, 0.25) is 0 Å². The highest BCUT2D eigenvalue weighted by molar-refractivity contribution is 14.2. The van der Waals surface area contributed by atoms with Crippen LogP contribution < -0.4 is 0 Å². The van der Waals surface area contributed by atoms with Gasteiger partial charge in [-0.1, -0.05) is 32.2 Å². The number of rotatable bonds is 4. The first-order chi connectivity index (χ1) is 4.70. The van der Waals surface area contributed by atoms with Crippen molar-refractivity contribution in [3.8, 4) is 0 Å². The zero-order valence-corrected chi connectivity index (χ0v) is 9.01. The van der Waals surface area contributed by atoms with Gasteiger partial charge in [-0.15, -0.1) is 0 Å². The molecule has 0 aliphatic rings. The van der Waals surface area contributed by atoms with Gasteiger partial charge in [0, 0.05) is 3.58 Å². The van der Waals surface area contributed by atoms with Crippen molar-refractivity contribution in [3.05, 3.63) is 9.84 Å². The largest absolute Gasteiger partial charge is 0.498 e. The molecule has 60 valence electrons. The van der Waals surface area contributed by atoms with Gasteiger partial charge in [-0.3, -0.25) is 0 Å². The molecule has 0 unspecified atom stereocenters. The molecule has 0 aromatic heterocycles. The molecule has 0 saturated carbocycles. The summed E-state index contributed by atoms with van der Waals surface area (Å²) in [7, 11) is 0. The van der Waals surface area contributed by atoms with E-state index in [1.165, 1.54) is 3.58 Å². The molecule has 0 N–H and O–H groups in total. The lowest BCUT2D eigenvalue weighted by Gasteiger charge is -2.04.